The third-order valence-electron chi connectivity index (χ3n) is 5.45. The van der Waals surface area contributed by atoms with Crippen molar-refractivity contribution in [3.63, 3.8) is 0 Å². The molecule has 2 nitrogen and oxygen atoms in total. The molecular weight excluding hydrogens is 222 g/mol. The van der Waals surface area contributed by atoms with E-state index >= 15 is 0 Å². The van der Waals surface area contributed by atoms with Crippen LogP contribution < -0.4 is 0 Å². The normalized spacial score (nSPS) is 29.6. The first kappa shape index (κ1) is 15.7. The SMILES string of the molecule is CCC(CC)(C(=O)C1CCC(C)C(C)C1)N(C)C. The number of carbonyl (C=O) groups excluding carboxylic acids is 1. The van der Waals surface area contributed by atoms with Crippen LogP contribution in [0.3, 0.4) is 0 Å². The molecule has 3 unspecified atom stereocenters. The van der Waals surface area contributed by atoms with Gasteiger partial charge in [-0.2, -0.15) is 0 Å². The van der Waals surface area contributed by atoms with Crippen molar-refractivity contribution < 1.29 is 4.79 Å². The van der Waals surface area contributed by atoms with Crippen LogP contribution in [0.4, 0.5) is 0 Å². The summed E-state index contributed by atoms with van der Waals surface area (Å²) in [7, 11) is 4.11. The van der Waals surface area contributed by atoms with Crippen LogP contribution in [0.1, 0.15) is 59.8 Å². The van der Waals surface area contributed by atoms with Gasteiger partial charge >= 0.3 is 0 Å². The minimum atomic E-state index is -0.231. The third kappa shape index (κ3) is 2.79. The average molecular weight is 253 g/mol. The molecule has 0 aromatic carbocycles. The van der Waals surface area contributed by atoms with Crippen LogP contribution in [0.2, 0.25) is 0 Å². The second-order valence-electron chi connectivity index (χ2n) is 6.46. The maximum Gasteiger partial charge on any atom is 0.156 e. The Labute approximate surface area is 113 Å². The van der Waals surface area contributed by atoms with E-state index in [0.29, 0.717) is 17.6 Å². The highest BCUT2D eigenvalue weighted by atomic mass is 16.1. The zero-order valence-electron chi connectivity index (χ0n) is 13.1. The van der Waals surface area contributed by atoms with Gasteiger partial charge < -0.3 is 0 Å². The Morgan fingerprint density at radius 2 is 1.67 bits per heavy atom. The van der Waals surface area contributed by atoms with Crippen molar-refractivity contribution in [2.45, 2.75) is 65.3 Å². The fraction of sp³-hybridized carbons (Fsp3) is 0.938. The largest absolute Gasteiger partial charge is 0.297 e. The van der Waals surface area contributed by atoms with Crippen LogP contribution in [-0.2, 0) is 4.79 Å². The Morgan fingerprint density at radius 3 is 2.06 bits per heavy atom. The molecule has 0 heterocycles. The predicted octanol–water partition coefficient (Wildman–Crippen LogP) is 3.75. The van der Waals surface area contributed by atoms with Gasteiger partial charge in [-0.3, -0.25) is 9.69 Å². The lowest BCUT2D eigenvalue weighted by Gasteiger charge is -2.42. The van der Waals surface area contributed by atoms with Crippen molar-refractivity contribution in [1.29, 1.82) is 0 Å². The number of carbonyl (C=O) groups is 1. The van der Waals surface area contributed by atoms with Crippen LogP contribution in [0.25, 0.3) is 0 Å². The molecule has 1 rings (SSSR count). The van der Waals surface area contributed by atoms with Crippen LogP contribution in [-0.4, -0.2) is 30.3 Å². The van der Waals surface area contributed by atoms with Crippen molar-refractivity contribution in [3.8, 4) is 0 Å². The molecule has 1 aliphatic carbocycles. The summed E-state index contributed by atoms with van der Waals surface area (Å²) >= 11 is 0. The van der Waals surface area contributed by atoms with E-state index in [2.05, 4.69) is 46.7 Å². The number of hydrogen-bond acceptors (Lipinski definition) is 2. The zero-order chi connectivity index (χ0) is 13.9. The lowest BCUT2D eigenvalue weighted by Crippen LogP contribution is -2.53. The first-order chi connectivity index (χ1) is 8.39. The number of ketones is 1. The molecule has 0 amide bonds. The van der Waals surface area contributed by atoms with Gasteiger partial charge in [0.15, 0.2) is 5.78 Å². The summed E-state index contributed by atoms with van der Waals surface area (Å²) < 4.78 is 0. The molecule has 2 heteroatoms. The van der Waals surface area contributed by atoms with Crippen LogP contribution >= 0.6 is 0 Å². The lowest BCUT2D eigenvalue weighted by atomic mass is 9.69. The van der Waals surface area contributed by atoms with Gasteiger partial charge in [0, 0.05) is 5.92 Å². The van der Waals surface area contributed by atoms with Gasteiger partial charge in [0.2, 0.25) is 0 Å². The molecule has 0 N–H and O–H groups in total. The van der Waals surface area contributed by atoms with E-state index in [9.17, 15) is 4.79 Å². The second kappa shape index (κ2) is 6.18. The monoisotopic (exact) mass is 253 g/mol. The van der Waals surface area contributed by atoms with Gasteiger partial charge in [0.1, 0.15) is 0 Å². The molecule has 0 aromatic heterocycles. The first-order valence-corrected chi connectivity index (χ1v) is 7.60. The van der Waals surface area contributed by atoms with E-state index in [1.54, 1.807) is 0 Å². The minimum Gasteiger partial charge on any atom is -0.297 e. The summed E-state index contributed by atoms with van der Waals surface area (Å²) in [5.41, 5.74) is -0.231. The number of Topliss-reactive ketones (excluding diaryl/α,β-unsaturated/α-hetero) is 1. The number of likely N-dealkylation sites (N-methyl/N-ethyl adjacent to an activating group) is 1. The molecule has 0 aromatic rings. The van der Waals surface area contributed by atoms with E-state index in [0.717, 1.165) is 31.6 Å². The predicted molar refractivity (Wildman–Crippen MR) is 77.7 cm³/mol. The van der Waals surface area contributed by atoms with Crippen molar-refractivity contribution >= 4 is 5.78 Å². The second-order valence-corrected chi connectivity index (χ2v) is 6.46. The maximum atomic E-state index is 12.9. The van der Waals surface area contributed by atoms with Crippen molar-refractivity contribution in [2.75, 3.05) is 14.1 Å². The molecule has 1 fully saturated rings. The fourth-order valence-corrected chi connectivity index (χ4v) is 3.62. The van der Waals surface area contributed by atoms with Gasteiger partial charge in [0.25, 0.3) is 0 Å². The summed E-state index contributed by atoms with van der Waals surface area (Å²) in [6.07, 6.45) is 5.26. The van der Waals surface area contributed by atoms with E-state index in [1.807, 2.05) is 0 Å². The molecular formula is C16H31NO. The summed E-state index contributed by atoms with van der Waals surface area (Å²) in [4.78, 5) is 15.1. The Morgan fingerprint density at radius 1 is 1.11 bits per heavy atom. The molecule has 0 bridgehead atoms. The van der Waals surface area contributed by atoms with Crippen molar-refractivity contribution in [2.24, 2.45) is 17.8 Å². The molecule has 1 saturated carbocycles. The number of nitrogens with zero attached hydrogens (tertiary/aromatic N) is 1. The molecule has 0 saturated heterocycles. The Balaban J connectivity index is 2.85. The molecule has 0 spiro atoms. The summed E-state index contributed by atoms with van der Waals surface area (Å²) in [5.74, 6) is 2.27. The van der Waals surface area contributed by atoms with Crippen molar-refractivity contribution in [3.05, 3.63) is 0 Å². The first-order valence-electron chi connectivity index (χ1n) is 7.60. The van der Waals surface area contributed by atoms with Crippen LogP contribution in [0, 0.1) is 17.8 Å². The van der Waals surface area contributed by atoms with Gasteiger partial charge in [0.05, 0.1) is 5.54 Å². The molecule has 0 aliphatic heterocycles. The summed E-state index contributed by atoms with van der Waals surface area (Å²) in [6.45, 7) is 8.93. The highest BCUT2D eigenvalue weighted by Gasteiger charge is 2.42. The topological polar surface area (TPSA) is 20.3 Å². The Bertz CT molecular complexity index is 281. The number of rotatable bonds is 5. The van der Waals surface area contributed by atoms with Gasteiger partial charge in [-0.25, -0.2) is 0 Å². The van der Waals surface area contributed by atoms with Gasteiger partial charge in [-0.15, -0.1) is 0 Å². The lowest BCUT2D eigenvalue weighted by molar-refractivity contribution is -0.136. The molecule has 18 heavy (non-hydrogen) atoms. The summed E-state index contributed by atoms with van der Waals surface area (Å²) in [6, 6.07) is 0. The smallest absolute Gasteiger partial charge is 0.156 e. The van der Waals surface area contributed by atoms with E-state index < -0.39 is 0 Å². The Hall–Kier alpha value is -0.370. The van der Waals surface area contributed by atoms with Crippen LogP contribution in [0.15, 0.2) is 0 Å². The standard InChI is InChI=1S/C16H31NO/c1-7-16(8-2,17(5)6)15(18)14-10-9-12(3)13(4)11-14/h12-14H,7-11H2,1-6H3. The molecule has 1 aliphatic rings. The highest BCUT2D eigenvalue weighted by molar-refractivity contribution is 5.90. The zero-order valence-corrected chi connectivity index (χ0v) is 13.1. The Kier molecular flexibility index (Phi) is 5.39. The van der Waals surface area contributed by atoms with Gasteiger partial charge in [-0.05, 0) is 58.0 Å². The average Bonchev–Trinajstić information content (AvgIpc) is 2.34. The van der Waals surface area contributed by atoms with Gasteiger partial charge in [-0.1, -0.05) is 27.7 Å². The maximum absolute atomic E-state index is 12.9. The minimum absolute atomic E-state index is 0.231. The van der Waals surface area contributed by atoms with E-state index in [4.69, 9.17) is 0 Å². The van der Waals surface area contributed by atoms with Crippen LogP contribution in [0.5, 0.6) is 0 Å². The fourth-order valence-electron chi connectivity index (χ4n) is 3.62. The van der Waals surface area contributed by atoms with E-state index in [-0.39, 0.29) is 5.54 Å². The van der Waals surface area contributed by atoms with E-state index in [1.165, 1.54) is 6.42 Å². The highest BCUT2D eigenvalue weighted by Crippen LogP contribution is 2.38. The molecule has 0 radical (unpaired) electrons. The quantitative estimate of drug-likeness (QED) is 0.744. The number of hydrogen-bond donors (Lipinski definition) is 0. The molecule has 106 valence electrons. The molecule has 3 atom stereocenters. The summed E-state index contributed by atoms with van der Waals surface area (Å²) in [5, 5.41) is 0. The van der Waals surface area contributed by atoms with Crippen molar-refractivity contribution in [1.82, 2.24) is 4.90 Å². The third-order valence-corrected chi connectivity index (χ3v) is 5.45.